The van der Waals surface area contributed by atoms with Crippen LogP contribution in [0.5, 0.6) is 0 Å². The van der Waals surface area contributed by atoms with E-state index < -0.39 is 0 Å². The van der Waals surface area contributed by atoms with E-state index in [-0.39, 0.29) is 12.0 Å². The maximum Gasteiger partial charge on any atom is 0.0631 e. The molecule has 0 fully saturated rings. The minimum Gasteiger partial charge on any atom is -0.333 e. The highest BCUT2D eigenvalue weighted by molar-refractivity contribution is 6.11. The van der Waals surface area contributed by atoms with E-state index in [4.69, 9.17) is 0 Å². The standard InChI is InChI=1S/C68H48N4/c1-3-21-51(22-4-1)71-65-29-13-11-27-59(65)61-45-55(41-43-67(61)71)69(63-31-15-19-49-17-7-9-25-57(49)63)53-37-33-47(34-38-53)48-35-39-54(40-36-48)70(64-32-16-20-50-18-8-10-26-58(50)64)56-42-44-68-62(46-56)60-28-12-14-30-66(60)72(68)52-23-5-2-6-24-52/h1-46,61,67H. The fourth-order valence-electron chi connectivity index (χ4n) is 11.6. The summed E-state index contributed by atoms with van der Waals surface area (Å²) in [6, 6.07) is 95.2. The number of hydrogen-bond acceptors (Lipinski definition) is 3. The summed E-state index contributed by atoms with van der Waals surface area (Å²) in [5.41, 5.74) is 16.4. The van der Waals surface area contributed by atoms with Crippen molar-refractivity contribution in [2.75, 3.05) is 14.7 Å². The molecule has 1 aromatic heterocycles. The Balaban J connectivity index is 0.847. The lowest BCUT2D eigenvalue weighted by molar-refractivity contribution is 0.736. The average molecular weight is 921 g/mol. The molecule has 1 aliphatic heterocycles. The lowest BCUT2D eigenvalue weighted by Gasteiger charge is -2.33. The molecule has 11 aromatic carbocycles. The van der Waals surface area contributed by atoms with Crippen molar-refractivity contribution in [2.45, 2.75) is 12.0 Å². The molecule has 0 amide bonds. The number of rotatable bonds is 9. The molecule has 0 spiro atoms. The van der Waals surface area contributed by atoms with Gasteiger partial charge in [0.15, 0.2) is 0 Å². The Morgan fingerprint density at radius 1 is 0.361 bits per heavy atom. The predicted molar refractivity (Wildman–Crippen MR) is 303 cm³/mol. The van der Waals surface area contributed by atoms with Crippen molar-refractivity contribution in [3.8, 4) is 16.8 Å². The van der Waals surface area contributed by atoms with E-state index in [1.807, 2.05) is 0 Å². The molecule has 14 rings (SSSR count). The SMILES string of the molecule is C1=CC2C(C=C1N(c1ccc(-c3ccc(N(c4ccc5c(c4)c4ccccc4n5-c4ccccc4)c4cccc5ccccc45)cc3)cc1)c1cccc3ccccc13)c1ccccc1N2c1ccccc1. The first-order valence-corrected chi connectivity index (χ1v) is 24.9. The minimum atomic E-state index is 0.175. The van der Waals surface area contributed by atoms with Crippen LogP contribution in [0.25, 0.3) is 60.2 Å². The van der Waals surface area contributed by atoms with Gasteiger partial charge in [0.1, 0.15) is 0 Å². The first-order chi connectivity index (χ1) is 35.7. The van der Waals surface area contributed by atoms with E-state index >= 15 is 0 Å². The van der Waals surface area contributed by atoms with Crippen LogP contribution in [0.15, 0.2) is 285 Å². The minimum absolute atomic E-state index is 0.175. The van der Waals surface area contributed by atoms with Crippen molar-refractivity contribution in [3.05, 3.63) is 290 Å². The normalized spacial score (nSPS) is 14.9. The Morgan fingerprint density at radius 3 is 1.56 bits per heavy atom. The van der Waals surface area contributed by atoms with E-state index in [2.05, 4.69) is 298 Å². The monoisotopic (exact) mass is 920 g/mol. The van der Waals surface area contributed by atoms with Gasteiger partial charge in [-0.1, -0.05) is 182 Å². The second-order valence-electron chi connectivity index (χ2n) is 18.9. The maximum absolute atomic E-state index is 2.50. The second kappa shape index (κ2) is 17.2. The van der Waals surface area contributed by atoms with E-state index in [1.54, 1.807) is 0 Å². The van der Waals surface area contributed by atoms with Crippen LogP contribution in [0, 0.1) is 0 Å². The number of hydrogen-bond donors (Lipinski definition) is 0. The van der Waals surface area contributed by atoms with E-state index in [0.29, 0.717) is 0 Å². The smallest absolute Gasteiger partial charge is 0.0631 e. The third kappa shape index (κ3) is 6.91. The summed E-state index contributed by atoms with van der Waals surface area (Å²) in [4.78, 5) is 7.37. The zero-order valence-electron chi connectivity index (χ0n) is 39.5. The van der Waals surface area contributed by atoms with Crippen LogP contribution in [0.4, 0.5) is 39.8 Å². The Hall–Kier alpha value is -9.38. The number of aromatic nitrogens is 1. The summed E-state index contributed by atoms with van der Waals surface area (Å²) in [5, 5.41) is 7.28. The lowest BCUT2D eigenvalue weighted by atomic mass is 9.89. The number of nitrogens with zero attached hydrogens (tertiary/aromatic N) is 4. The van der Waals surface area contributed by atoms with Gasteiger partial charge in [0.2, 0.25) is 0 Å². The zero-order valence-corrected chi connectivity index (χ0v) is 39.5. The fourth-order valence-corrected chi connectivity index (χ4v) is 11.6. The fraction of sp³-hybridized carbons (Fsp3) is 0.0294. The van der Waals surface area contributed by atoms with Gasteiger partial charge < -0.3 is 19.3 Å². The van der Waals surface area contributed by atoms with Crippen molar-refractivity contribution < 1.29 is 0 Å². The number of benzene rings is 11. The summed E-state index contributed by atoms with van der Waals surface area (Å²) in [6.45, 7) is 0. The second-order valence-corrected chi connectivity index (χ2v) is 18.9. The van der Waals surface area contributed by atoms with E-state index in [1.165, 1.54) is 60.3 Å². The molecule has 0 radical (unpaired) electrons. The zero-order chi connectivity index (χ0) is 47.5. The average Bonchev–Trinajstić information content (AvgIpc) is 3.96. The molecule has 1 aliphatic carbocycles. The Morgan fingerprint density at radius 2 is 0.875 bits per heavy atom. The first kappa shape index (κ1) is 41.6. The number of anilines is 7. The number of para-hydroxylation sites is 4. The summed E-state index contributed by atoms with van der Waals surface area (Å²) < 4.78 is 2.38. The third-order valence-corrected chi connectivity index (χ3v) is 14.9. The summed E-state index contributed by atoms with van der Waals surface area (Å²) in [6.07, 6.45) is 7.23. The molecule has 4 nitrogen and oxygen atoms in total. The quantitative estimate of drug-likeness (QED) is 0.143. The molecule has 2 unspecified atom stereocenters. The van der Waals surface area contributed by atoms with Crippen LogP contribution in [-0.4, -0.2) is 10.6 Å². The molecule has 72 heavy (non-hydrogen) atoms. The highest BCUT2D eigenvalue weighted by Crippen LogP contribution is 2.50. The van der Waals surface area contributed by atoms with Gasteiger partial charge in [-0.05, 0) is 125 Å². The van der Waals surface area contributed by atoms with Gasteiger partial charge in [-0.2, -0.15) is 0 Å². The number of allylic oxidation sites excluding steroid dienone is 1. The van der Waals surface area contributed by atoms with Crippen molar-refractivity contribution in [1.29, 1.82) is 0 Å². The predicted octanol–water partition coefficient (Wildman–Crippen LogP) is 18.1. The van der Waals surface area contributed by atoms with Gasteiger partial charge in [0, 0.05) is 67.3 Å². The molecule has 0 saturated carbocycles. The van der Waals surface area contributed by atoms with E-state index in [9.17, 15) is 0 Å². The Labute approximate surface area is 419 Å². The van der Waals surface area contributed by atoms with Crippen LogP contribution < -0.4 is 14.7 Å². The van der Waals surface area contributed by atoms with Crippen molar-refractivity contribution in [1.82, 2.24) is 4.57 Å². The van der Waals surface area contributed by atoms with Gasteiger partial charge >= 0.3 is 0 Å². The molecule has 2 heterocycles. The van der Waals surface area contributed by atoms with Gasteiger partial charge in [0.05, 0.1) is 28.5 Å². The molecule has 12 aromatic rings. The lowest BCUT2D eigenvalue weighted by Crippen LogP contribution is -2.30. The summed E-state index contributed by atoms with van der Waals surface area (Å²) >= 11 is 0. The molecule has 340 valence electrons. The van der Waals surface area contributed by atoms with Crippen LogP contribution >= 0.6 is 0 Å². The third-order valence-electron chi connectivity index (χ3n) is 14.9. The van der Waals surface area contributed by atoms with Gasteiger partial charge in [-0.3, -0.25) is 0 Å². The topological polar surface area (TPSA) is 14.7 Å². The molecular weight excluding hydrogens is 873 g/mol. The molecule has 4 heteroatoms. The first-order valence-electron chi connectivity index (χ1n) is 24.9. The van der Waals surface area contributed by atoms with Crippen LogP contribution in [0.1, 0.15) is 11.5 Å². The van der Waals surface area contributed by atoms with E-state index in [0.717, 1.165) is 50.9 Å². The summed E-state index contributed by atoms with van der Waals surface area (Å²) in [7, 11) is 0. The highest BCUT2D eigenvalue weighted by Gasteiger charge is 2.39. The summed E-state index contributed by atoms with van der Waals surface area (Å²) in [5.74, 6) is 0.182. The van der Waals surface area contributed by atoms with Crippen molar-refractivity contribution in [3.63, 3.8) is 0 Å². The van der Waals surface area contributed by atoms with Crippen LogP contribution in [-0.2, 0) is 0 Å². The molecule has 2 aliphatic rings. The highest BCUT2D eigenvalue weighted by atomic mass is 15.2. The van der Waals surface area contributed by atoms with Gasteiger partial charge in [-0.25, -0.2) is 0 Å². The molecule has 0 N–H and O–H groups in total. The van der Waals surface area contributed by atoms with Crippen molar-refractivity contribution >= 4 is 83.2 Å². The number of fused-ring (bicyclic) bond motifs is 8. The van der Waals surface area contributed by atoms with Gasteiger partial charge in [0.25, 0.3) is 0 Å². The van der Waals surface area contributed by atoms with Crippen molar-refractivity contribution in [2.24, 2.45) is 0 Å². The van der Waals surface area contributed by atoms with Crippen LogP contribution in [0.2, 0.25) is 0 Å². The molecule has 2 atom stereocenters. The van der Waals surface area contributed by atoms with Gasteiger partial charge in [-0.15, -0.1) is 0 Å². The molecule has 0 saturated heterocycles. The largest absolute Gasteiger partial charge is 0.333 e. The Bertz CT molecular complexity index is 4050. The Kier molecular flexibility index (Phi) is 9.95. The maximum atomic E-state index is 2.50. The van der Waals surface area contributed by atoms with Crippen LogP contribution in [0.3, 0.4) is 0 Å². The molecule has 0 bridgehead atoms. The molecular formula is C68H48N4.